The number of carbonyl (C=O) groups is 1. The first-order valence-corrected chi connectivity index (χ1v) is 10.8. The van der Waals surface area contributed by atoms with Gasteiger partial charge in [-0.1, -0.05) is 42.5 Å². The maximum Gasteiger partial charge on any atom is 0.349 e. The summed E-state index contributed by atoms with van der Waals surface area (Å²) >= 11 is 0. The lowest BCUT2D eigenvalue weighted by atomic mass is 10.1. The molecule has 0 fully saturated rings. The van der Waals surface area contributed by atoms with E-state index < -0.39 is 23.3 Å². The fraction of sp³-hybridized carbons (Fsp3) is 0.0769. The lowest BCUT2D eigenvalue weighted by Gasteiger charge is -2.13. The third-order valence-electron chi connectivity index (χ3n) is 5.39. The lowest BCUT2D eigenvalue weighted by molar-refractivity contribution is 0.0135. The van der Waals surface area contributed by atoms with Crippen LogP contribution in [0.15, 0.2) is 95.5 Å². The minimum Gasteiger partial charge on any atom is -0.496 e. The Kier molecular flexibility index (Phi) is 5.99. The number of halogens is 2. The van der Waals surface area contributed by atoms with E-state index in [0.29, 0.717) is 17.1 Å². The fourth-order valence-electron chi connectivity index (χ4n) is 3.54. The summed E-state index contributed by atoms with van der Waals surface area (Å²) in [7, 11) is 1.46. The second-order valence-corrected chi connectivity index (χ2v) is 7.70. The number of hydrogen-bond donors (Lipinski definition) is 1. The summed E-state index contributed by atoms with van der Waals surface area (Å²) in [5, 5.41) is 14.3. The molecule has 0 radical (unpaired) electrons. The highest BCUT2D eigenvalue weighted by molar-refractivity contribution is 6.03. The predicted molar refractivity (Wildman–Crippen MR) is 127 cm³/mol. The van der Waals surface area contributed by atoms with Crippen LogP contribution in [0.4, 0.5) is 14.6 Å². The summed E-state index contributed by atoms with van der Waals surface area (Å²) in [4.78, 5) is 12.6. The van der Waals surface area contributed by atoms with Crippen molar-refractivity contribution < 1.29 is 22.7 Å². The molecule has 0 aliphatic carbocycles. The average molecular weight is 487 g/mol. The number of amides is 1. The van der Waals surface area contributed by atoms with E-state index in [9.17, 15) is 4.79 Å². The molecule has 3 aromatic carbocycles. The largest absolute Gasteiger partial charge is 0.496 e. The Balaban J connectivity index is 1.31. The highest BCUT2D eigenvalue weighted by Crippen LogP contribution is 2.37. The van der Waals surface area contributed by atoms with Crippen molar-refractivity contribution in [1.82, 2.24) is 20.0 Å². The zero-order valence-corrected chi connectivity index (χ0v) is 18.9. The van der Waals surface area contributed by atoms with E-state index in [-0.39, 0.29) is 11.5 Å². The summed E-state index contributed by atoms with van der Waals surface area (Å²) in [6, 6.07) is 22.6. The van der Waals surface area contributed by atoms with Gasteiger partial charge in [-0.25, -0.2) is 4.68 Å². The van der Waals surface area contributed by atoms with Crippen LogP contribution in [0.1, 0.15) is 21.8 Å². The summed E-state index contributed by atoms with van der Waals surface area (Å²) in [5.41, 5.74) is 1.02. The number of anilines is 1. The SMILES string of the molecule is COc1ccccc1-c1nnc(C(F)(F)c2ccc(C(=O)Nc3ccn(-c4ccccc4)n3)cc2)o1. The van der Waals surface area contributed by atoms with Crippen molar-refractivity contribution in [2.75, 3.05) is 12.4 Å². The summed E-state index contributed by atoms with van der Waals surface area (Å²) in [5.74, 6) is -4.27. The minimum atomic E-state index is -3.57. The van der Waals surface area contributed by atoms with Crippen LogP contribution in [0, 0.1) is 0 Å². The maximum atomic E-state index is 15.1. The van der Waals surface area contributed by atoms with Crippen molar-refractivity contribution in [2.24, 2.45) is 0 Å². The van der Waals surface area contributed by atoms with Crippen LogP contribution in [-0.4, -0.2) is 33.0 Å². The Hall–Kier alpha value is -4.86. The molecule has 5 rings (SSSR count). The topological polar surface area (TPSA) is 95.1 Å². The van der Waals surface area contributed by atoms with Crippen molar-refractivity contribution in [2.45, 2.75) is 5.92 Å². The molecule has 0 saturated carbocycles. The van der Waals surface area contributed by atoms with Crippen molar-refractivity contribution in [1.29, 1.82) is 0 Å². The Bertz CT molecular complexity index is 1500. The molecule has 5 aromatic rings. The van der Waals surface area contributed by atoms with E-state index in [1.165, 1.54) is 19.2 Å². The van der Waals surface area contributed by atoms with E-state index in [0.717, 1.165) is 17.8 Å². The van der Waals surface area contributed by atoms with Gasteiger partial charge in [0.2, 0.25) is 0 Å². The van der Waals surface area contributed by atoms with Gasteiger partial charge in [0.25, 0.3) is 17.7 Å². The Labute approximate surface area is 204 Å². The van der Waals surface area contributed by atoms with E-state index in [1.54, 1.807) is 41.2 Å². The number of carbonyl (C=O) groups excluding carboxylic acids is 1. The van der Waals surface area contributed by atoms with Crippen molar-refractivity contribution in [3.8, 4) is 22.9 Å². The molecular weight excluding hydrogens is 468 g/mol. The molecule has 0 saturated heterocycles. The second kappa shape index (κ2) is 9.41. The van der Waals surface area contributed by atoms with E-state index in [2.05, 4.69) is 20.6 Å². The van der Waals surface area contributed by atoms with Gasteiger partial charge < -0.3 is 14.5 Å². The molecular formula is C26H19F2N5O3. The monoisotopic (exact) mass is 487 g/mol. The summed E-state index contributed by atoms with van der Waals surface area (Å²) in [6.45, 7) is 0. The first-order valence-electron chi connectivity index (χ1n) is 10.8. The number of ether oxygens (including phenoxy) is 1. The quantitative estimate of drug-likeness (QED) is 0.334. The van der Waals surface area contributed by atoms with Crippen LogP contribution in [-0.2, 0) is 5.92 Å². The number of rotatable bonds is 7. The number of benzene rings is 3. The van der Waals surface area contributed by atoms with Crippen LogP contribution >= 0.6 is 0 Å². The standard InChI is InChI=1S/C26H19F2N5O3/c1-35-21-10-6-5-9-20(21)24-30-31-25(36-24)26(27,28)18-13-11-17(12-14-18)23(34)29-22-15-16-33(32-22)19-7-3-2-4-8-19/h2-16H,1H3,(H,29,32,34). The first kappa shape index (κ1) is 22.9. The molecule has 0 bridgehead atoms. The normalized spacial score (nSPS) is 11.3. The molecule has 0 unspecified atom stereocenters. The third kappa shape index (κ3) is 4.43. The zero-order chi connectivity index (χ0) is 25.1. The fourth-order valence-corrected chi connectivity index (χ4v) is 3.54. The smallest absolute Gasteiger partial charge is 0.349 e. The first-order chi connectivity index (χ1) is 17.5. The molecule has 2 heterocycles. The maximum absolute atomic E-state index is 15.1. The average Bonchev–Trinajstić information content (AvgIpc) is 3.60. The number of hydrogen-bond acceptors (Lipinski definition) is 6. The Morgan fingerprint density at radius 1 is 0.944 bits per heavy atom. The van der Waals surface area contributed by atoms with Gasteiger partial charge in [0.15, 0.2) is 5.82 Å². The Morgan fingerprint density at radius 3 is 2.42 bits per heavy atom. The number of methoxy groups -OCH3 is 1. The van der Waals surface area contributed by atoms with Crippen LogP contribution in [0.3, 0.4) is 0 Å². The summed E-state index contributed by atoms with van der Waals surface area (Å²) in [6.07, 6.45) is 1.71. The zero-order valence-electron chi connectivity index (χ0n) is 18.9. The van der Waals surface area contributed by atoms with Crippen LogP contribution in [0.5, 0.6) is 5.75 Å². The lowest BCUT2D eigenvalue weighted by Crippen LogP contribution is -2.17. The number of nitrogens with zero attached hydrogens (tertiary/aromatic N) is 4. The molecule has 0 spiro atoms. The highest BCUT2D eigenvalue weighted by atomic mass is 19.3. The van der Waals surface area contributed by atoms with Gasteiger partial charge in [0.05, 0.1) is 18.4 Å². The van der Waals surface area contributed by atoms with Crippen molar-refractivity contribution in [3.05, 3.63) is 108 Å². The molecule has 1 N–H and O–H groups in total. The van der Waals surface area contributed by atoms with Gasteiger partial charge >= 0.3 is 5.92 Å². The number of aromatic nitrogens is 4. The number of nitrogens with one attached hydrogen (secondary N) is 1. The van der Waals surface area contributed by atoms with Gasteiger partial charge in [-0.2, -0.15) is 13.9 Å². The van der Waals surface area contributed by atoms with Crippen molar-refractivity contribution in [3.63, 3.8) is 0 Å². The number of alkyl halides is 2. The molecule has 0 aliphatic heterocycles. The van der Waals surface area contributed by atoms with Crippen molar-refractivity contribution >= 4 is 11.7 Å². The minimum absolute atomic E-state index is 0.0898. The highest BCUT2D eigenvalue weighted by Gasteiger charge is 2.40. The van der Waals surface area contributed by atoms with Gasteiger partial charge in [0.1, 0.15) is 5.75 Å². The molecule has 0 atom stereocenters. The van der Waals surface area contributed by atoms with Gasteiger partial charge in [0, 0.05) is 23.4 Å². The van der Waals surface area contributed by atoms with Gasteiger partial charge in [-0.15, -0.1) is 10.2 Å². The molecule has 1 amide bonds. The molecule has 36 heavy (non-hydrogen) atoms. The van der Waals surface area contributed by atoms with E-state index in [1.807, 2.05) is 30.3 Å². The van der Waals surface area contributed by atoms with Crippen LogP contribution < -0.4 is 10.1 Å². The van der Waals surface area contributed by atoms with Crippen LogP contribution in [0.25, 0.3) is 17.1 Å². The van der Waals surface area contributed by atoms with E-state index in [4.69, 9.17) is 9.15 Å². The Morgan fingerprint density at radius 2 is 1.67 bits per heavy atom. The van der Waals surface area contributed by atoms with Crippen LogP contribution in [0.2, 0.25) is 0 Å². The molecule has 2 aromatic heterocycles. The number of para-hydroxylation sites is 2. The third-order valence-corrected chi connectivity index (χ3v) is 5.39. The van der Waals surface area contributed by atoms with E-state index >= 15 is 8.78 Å². The molecule has 0 aliphatic rings. The molecule has 8 nitrogen and oxygen atoms in total. The molecule has 180 valence electrons. The molecule has 10 heteroatoms. The summed E-state index contributed by atoms with van der Waals surface area (Å²) < 4.78 is 42.3. The van der Waals surface area contributed by atoms with Gasteiger partial charge in [-0.05, 0) is 36.4 Å². The van der Waals surface area contributed by atoms with Gasteiger partial charge in [-0.3, -0.25) is 4.79 Å². The predicted octanol–water partition coefficient (Wildman–Crippen LogP) is 5.32. The second-order valence-electron chi connectivity index (χ2n) is 7.70.